The molecule has 11 heteroatoms. The van der Waals surface area contributed by atoms with Gasteiger partial charge in [0.15, 0.2) is 5.82 Å². The molecule has 0 atom stereocenters. The molecule has 0 saturated carbocycles. The van der Waals surface area contributed by atoms with Crippen molar-refractivity contribution in [3.05, 3.63) is 89.2 Å². The van der Waals surface area contributed by atoms with E-state index in [4.69, 9.17) is 11.6 Å². The Kier molecular flexibility index (Phi) is 5.98. The van der Waals surface area contributed by atoms with Crippen LogP contribution < -0.4 is 9.04 Å². The number of sulfonamides is 1. The molecule has 0 N–H and O–H groups in total. The molecule has 0 spiro atoms. The Morgan fingerprint density at radius 1 is 1.03 bits per heavy atom. The fourth-order valence-electron chi connectivity index (χ4n) is 3.32. The smallest absolute Gasteiger partial charge is 0.406 e. The van der Waals surface area contributed by atoms with Crippen LogP contribution in [0, 0.1) is 6.92 Å². The van der Waals surface area contributed by atoms with Crippen molar-refractivity contribution in [2.75, 3.05) is 4.31 Å². The van der Waals surface area contributed by atoms with Gasteiger partial charge in [-0.15, -0.1) is 13.2 Å². The Bertz CT molecular complexity index is 1390. The summed E-state index contributed by atoms with van der Waals surface area (Å²) in [4.78, 5) is 4.54. The summed E-state index contributed by atoms with van der Waals surface area (Å²) in [6.45, 7) is 1.54. The highest BCUT2D eigenvalue weighted by Crippen LogP contribution is 2.30. The van der Waals surface area contributed by atoms with Crippen LogP contribution in [-0.4, -0.2) is 24.2 Å². The number of anilines is 1. The monoisotopic (exact) mass is 495 g/mol. The van der Waals surface area contributed by atoms with Gasteiger partial charge in [0.1, 0.15) is 11.4 Å². The molecule has 172 valence electrons. The van der Waals surface area contributed by atoms with Crippen LogP contribution in [0.4, 0.5) is 19.0 Å². The average molecular weight is 496 g/mol. The molecule has 0 aliphatic rings. The third kappa shape index (κ3) is 4.91. The van der Waals surface area contributed by atoms with E-state index in [0.29, 0.717) is 21.9 Å². The first-order valence-corrected chi connectivity index (χ1v) is 11.4. The lowest BCUT2D eigenvalue weighted by Gasteiger charge is -2.23. The van der Waals surface area contributed by atoms with E-state index in [0.717, 1.165) is 16.4 Å². The predicted molar refractivity (Wildman–Crippen MR) is 118 cm³/mol. The second-order valence-corrected chi connectivity index (χ2v) is 9.41. The molecule has 0 saturated heterocycles. The summed E-state index contributed by atoms with van der Waals surface area (Å²) < 4.78 is 71.2. The quantitative estimate of drug-likeness (QED) is 0.350. The molecule has 2 heterocycles. The summed E-state index contributed by atoms with van der Waals surface area (Å²) in [6.07, 6.45) is -3.20. The molecule has 0 amide bonds. The normalized spacial score (nSPS) is 12.2. The van der Waals surface area contributed by atoms with Crippen molar-refractivity contribution >= 4 is 33.1 Å². The standard InChI is InChI=1S/C22H17ClF3N3O3S/c1-15-21(27-20-12-9-17(23)14-28(15)20)29(33(30,31)19-5-3-2-4-6-19)13-16-7-10-18(11-8-16)32-22(24,25)26/h2-12,14H,13H2,1H3. The molecule has 4 aromatic rings. The van der Waals surface area contributed by atoms with Crippen molar-refractivity contribution in [3.8, 4) is 5.75 Å². The van der Waals surface area contributed by atoms with Gasteiger partial charge in [0.05, 0.1) is 22.2 Å². The minimum Gasteiger partial charge on any atom is -0.406 e. The van der Waals surface area contributed by atoms with E-state index in [2.05, 4.69) is 9.72 Å². The first-order valence-electron chi connectivity index (χ1n) is 9.61. The number of alkyl halides is 3. The Morgan fingerprint density at radius 3 is 2.33 bits per heavy atom. The summed E-state index contributed by atoms with van der Waals surface area (Å²) in [5, 5.41) is 0.451. The summed E-state index contributed by atoms with van der Waals surface area (Å²) in [5.41, 5.74) is 1.47. The SMILES string of the molecule is Cc1c(N(Cc2ccc(OC(F)(F)F)cc2)S(=O)(=O)c2ccccc2)nc2ccc(Cl)cn12. The zero-order chi connectivity index (χ0) is 23.8. The van der Waals surface area contributed by atoms with E-state index in [9.17, 15) is 21.6 Å². The number of halogens is 4. The van der Waals surface area contributed by atoms with E-state index < -0.39 is 22.1 Å². The van der Waals surface area contributed by atoms with Crippen molar-refractivity contribution in [2.24, 2.45) is 0 Å². The fourth-order valence-corrected chi connectivity index (χ4v) is 4.95. The highest BCUT2D eigenvalue weighted by molar-refractivity contribution is 7.92. The summed E-state index contributed by atoms with van der Waals surface area (Å²) in [7, 11) is -4.06. The van der Waals surface area contributed by atoms with Gasteiger partial charge in [0.25, 0.3) is 10.0 Å². The van der Waals surface area contributed by atoms with Gasteiger partial charge in [0, 0.05) is 6.20 Å². The minimum atomic E-state index is -4.82. The molecule has 2 aromatic carbocycles. The topological polar surface area (TPSA) is 63.9 Å². The first kappa shape index (κ1) is 22.9. The van der Waals surface area contributed by atoms with Gasteiger partial charge in [-0.05, 0) is 48.9 Å². The predicted octanol–water partition coefficient (Wildman–Crippen LogP) is 5.59. The van der Waals surface area contributed by atoms with Gasteiger partial charge in [-0.2, -0.15) is 0 Å². The number of aromatic nitrogens is 2. The number of imidazole rings is 1. The lowest BCUT2D eigenvalue weighted by Crippen LogP contribution is -2.31. The van der Waals surface area contributed by atoms with Gasteiger partial charge in [-0.1, -0.05) is 41.9 Å². The lowest BCUT2D eigenvalue weighted by molar-refractivity contribution is -0.274. The van der Waals surface area contributed by atoms with Crippen LogP contribution in [0.15, 0.2) is 77.8 Å². The van der Waals surface area contributed by atoms with E-state index in [1.54, 1.807) is 47.9 Å². The molecule has 0 aliphatic carbocycles. The maximum absolute atomic E-state index is 13.6. The van der Waals surface area contributed by atoms with Crippen LogP contribution in [0.1, 0.15) is 11.3 Å². The zero-order valence-electron chi connectivity index (χ0n) is 17.1. The second kappa shape index (κ2) is 8.60. The van der Waals surface area contributed by atoms with Gasteiger partial charge in [-0.25, -0.2) is 17.7 Å². The number of fused-ring (bicyclic) bond motifs is 1. The number of hydrogen-bond donors (Lipinski definition) is 0. The highest BCUT2D eigenvalue weighted by Gasteiger charge is 2.32. The lowest BCUT2D eigenvalue weighted by atomic mass is 10.2. The number of nitrogens with zero attached hydrogens (tertiary/aromatic N) is 3. The Labute approximate surface area is 192 Å². The van der Waals surface area contributed by atoms with Gasteiger partial charge in [0.2, 0.25) is 0 Å². The number of pyridine rings is 1. The van der Waals surface area contributed by atoms with E-state index in [1.165, 1.54) is 24.3 Å². The third-order valence-corrected chi connectivity index (χ3v) is 6.82. The number of aryl methyl sites for hydroxylation is 1. The van der Waals surface area contributed by atoms with Gasteiger partial charge >= 0.3 is 6.36 Å². The van der Waals surface area contributed by atoms with Crippen molar-refractivity contribution in [1.82, 2.24) is 9.38 Å². The molecule has 0 aliphatic heterocycles. The average Bonchev–Trinajstić information content (AvgIpc) is 3.08. The zero-order valence-corrected chi connectivity index (χ0v) is 18.7. The number of ether oxygens (including phenoxy) is 1. The van der Waals surface area contributed by atoms with E-state index in [1.807, 2.05) is 0 Å². The summed E-state index contributed by atoms with van der Waals surface area (Å²) in [6, 6.07) is 16.1. The van der Waals surface area contributed by atoms with Crippen molar-refractivity contribution in [2.45, 2.75) is 24.7 Å². The summed E-state index contributed by atoms with van der Waals surface area (Å²) in [5.74, 6) is -0.223. The van der Waals surface area contributed by atoms with E-state index in [-0.39, 0.29) is 17.3 Å². The number of rotatable bonds is 6. The maximum Gasteiger partial charge on any atom is 0.573 e. The van der Waals surface area contributed by atoms with Crippen LogP contribution in [0.2, 0.25) is 5.02 Å². The molecular formula is C22H17ClF3N3O3S. The highest BCUT2D eigenvalue weighted by atomic mass is 35.5. The van der Waals surface area contributed by atoms with Crippen LogP contribution in [-0.2, 0) is 16.6 Å². The molecule has 0 unspecified atom stereocenters. The molecule has 0 fully saturated rings. The molecule has 33 heavy (non-hydrogen) atoms. The van der Waals surface area contributed by atoms with Crippen LogP contribution >= 0.6 is 11.6 Å². The molecular weight excluding hydrogens is 479 g/mol. The number of hydrogen-bond acceptors (Lipinski definition) is 4. The van der Waals surface area contributed by atoms with Crippen molar-refractivity contribution in [3.63, 3.8) is 0 Å². The second-order valence-electron chi connectivity index (χ2n) is 7.11. The number of benzene rings is 2. The third-order valence-electron chi connectivity index (χ3n) is 4.85. The Morgan fingerprint density at radius 2 is 1.70 bits per heavy atom. The van der Waals surface area contributed by atoms with Crippen LogP contribution in [0.25, 0.3) is 5.65 Å². The Balaban J connectivity index is 1.78. The molecule has 2 aromatic heterocycles. The minimum absolute atomic E-state index is 0.0523. The largest absolute Gasteiger partial charge is 0.573 e. The molecule has 0 radical (unpaired) electrons. The maximum atomic E-state index is 13.6. The molecule has 6 nitrogen and oxygen atoms in total. The molecule has 0 bridgehead atoms. The van der Waals surface area contributed by atoms with Crippen LogP contribution in [0.5, 0.6) is 5.75 Å². The van der Waals surface area contributed by atoms with Gasteiger partial charge < -0.3 is 9.14 Å². The van der Waals surface area contributed by atoms with Crippen molar-refractivity contribution in [1.29, 1.82) is 0 Å². The first-order chi connectivity index (χ1) is 15.5. The Hall–Kier alpha value is -3.24. The van der Waals surface area contributed by atoms with E-state index >= 15 is 0 Å². The van der Waals surface area contributed by atoms with Crippen LogP contribution in [0.3, 0.4) is 0 Å². The van der Waals surface area contributed by atoms with Gasteiger partial charge in [-0.3, -0.25) is 0 Å². The fraction of sp³-hybridized carbons (Fsp3) is 0.136. The summed E-state index contributed by atoms with van der Waals surface area (Å²) >= 11 is 6.08. The molecule has 4 rings (SSSR count). The van der Waals surface area contributed by atoms with Crippen molar-refractivity contribution < 1.29 is 26.3 Å².